The molecule has 4 nitrogen and oxygen atoms in total. The number of piperidine rings is 1. The Bertz CT molecular complexity index is 462. The van der Waals surface area contributed by atoms with Crippen LogP contribution in [0.1, 0.15) is 32.3 Å². The third-order valence-corrected chi connectivity index (χ3v) is 4.09. The molecule has 0 bridgehead atoms. The van der Waals surface area contributed by atoms with E-state index in [1.165, 1.54) is 0 Å². The van der Waals surface area contributed by atoms with Crippen LogP contribution in [-0.4, -0.2) is 42.2 Å². The number of amides is 1. The summed E-state index contributed by atoms with van der Waals surface area (Å²) in [6.07, 6.45) is 2.25. The maximum absolute atomic E-state index is 12.3. The third kappa shape index (κ3) is 5.02. The number of nitrogens with zero attached hydrogens (tertiary/aromatic N) is 1. The van der Waals surface area contributed by atoms with Gasteiger partial charge in [0.2, 0.25) is 5.91 Å². The van der Waals surface area contributed by atoms with Gasteiger partial charge in [0.1, 0.15) is 5.75 Å². The van der Waals surface area contributed by atoms with Crippen LogP contribution in [0.25, 0.3) is 0 Å². The quantitative estimate of drug-likeness (QED) is 0.878. The van der Waals surface area contributed by atoms with Crippen molar-refractivity contribution in [2.75, 3.05) is 26.3 Å². The topological polar surface area (TPSA) is 49.8 Å². The Morgan fingerprint density at radius 1 is 1.27 bits per heavy atom. The molecule has 22 heavy (non-hydrogen) atoms. The highest BCUT2D eigenvalue weighted by Crippen LogP contribution is 2.18. The minimum atomic E-state index is 0.173. The highest BCUT2D eigenvalue weighted by Gasteiger charge is 2.22. The van der Waals surface area contributed by atoms with Gasteiger partial charge in [-0.25, -0.2) is 0 Å². The Labute approximate surface area is 133 Å². The van der Waals surface area contributed by atoms with Crippen molar-refractivity contribution in [2.45, 2.75) is 33.1 Å². The lowest BCUT2D eigenvalue weighted by atomic mass is 9.97. The average Bonchev–Trinajstić information content (AvgIpc) is 2.54. The van der Waals surface area contributed by atoms with Crippen LogP contribution in [0.5, 0.6) is 5.75 Å². The molecule has 0 saturated carbocycles. The molecule has 1 amide bonds. The SMILES string of the molecule is CC(C)COc1ccc(CC(=O)N2CCC(CO)CC2)cc1. The number of likely N-dealkylation sites (tertiary alicyclic amines) is 1. The van der Waals surface area contributed by atoms with Gasteiger partial charge in [-0.3, -0.25) is 4.79 Å². The number of aliphatic hydroxyl groups is 1. The van der Waals surface area contributed by atoms with E-state index in [0.29, 0.717) is 24.9 Å². The number of carbonyl (C=O) groups excluding carboxylic acids is 1. The van der Waals surface area contributed by atoms with E-state index in [4.69, 9.17) is 9.84 Å². The molecule has 1 aromatic rings. The van der Waals surface area contributed by atoms with Gasteiger partial charge in [0.15, 0.2) is 0 Å². The Morgan fingerprint density at radius 3 is 2.45 bits per heavy atom. The van der Waals surface area contributed by atoms with E-state index in [1.807, 2.05) is 29.2 Å². The van der Waals surface area contributed by atoms with E-state index in [2.05, 4.69) is 13.8 Å². The molecule has 1 N–H and O–H groups in total. The smallest absolute Gasteiger partial charge is 0.226 e. The fourth-order valence-electron chi connectivity index (χ4n) is 2.62. The number of benzene rings is 1. The van der Waals surface area contributed by atoms with Gasteiger partial charge in [-0.15, -0.1) is 0 Å². The molecule has 1 aromatic carbocycles. The minimum absolute atomic E-state index is 0.173. The molecule has 0 unspecified atom stereocenters. The van der Waals surface area contributed by atoms with E-state index < -0.39 is 0 Å². The first-order chi connectivity index (χ1) is 10.6. The van der Waals surface area contributed by atoms with Gasteiger partial charge < -0.3 is 14.7 Å². The molecule has 1 aliphatic heterocycles. The molecule has 1 aliphatic rings. The zero-order valence-electron chi connectivity index (χ0n) is 13.6. The van der Waals surface area contributed by atoms with Crippen molar-refractivity contribution in [2.24, 2.45) is 11.8 Å². The lowest BCUT2D eigenvalue weighted by Crippen LogP contribution is -2.40. The second-order valence-corrected chi connectivity index (χ2v) is 6.53. The molecule has 1 heterocycles. The number of aliphatic hydroxyl groups excluding tert-OH is 1. The zero-order valence-corrected chi connectivity index (χ0v) is 13.6. The maximum atomic E-state index is 12.3. The summed E-state index contributed by atoms with van der Waals surface area (Å²) >= 11 is 0. The fraction of sp³-hybridized carbons (Fsp3) is 0.611. The molecule has 122 valence electrons. The van der Waals surface area contributed by atoms with Crippen molar-refractivity contribution in [3.63, 3.8) is 0 Å². The minimum Gasteiger partial charge on any atom is -0.493 e. The number of ether oxygens (including phenoxy) is 1. The number of rotatable bonds is 6. The lowest BCUT2D eigenvalue weighted by Gasteiger charge is -2.31. The van der Waals surface area contributed by atoms with Gasteiger partial charge >= 0.3 is 0 Å². The van der Waals surface area contributed by atoms with E-state index >= 15 is 0 Å². The molecule has 0 radical (unpaired) electrons. The molecule has 0 atom stereocenters. The van der Waals surface area contributed by atoms with Gasteiger partial charge in [-0.2, -0.15) is 0 Å². The van der Waals surface area contributed by atoms with Crippen LogP contribution in [0.15, 0.2) is 24.3 Å². The molecule has 0 spiro atoms. The van der Waals surface area contributed by atoms with Crippen LogP contribution in [0.2, 0.25) is 0 Å². The summed E-state index contributed by atoms with van der Waals surface area (Å²) in [5, 5.41) is 9.14. The summed E-state index contributed by atoms with van der Waals surface area (Å²) in [5.41, 5.74) is 1.02. The van der Waals surface area contributed by atoms with Gasteiger partial charge in [0.05, 0.1) is 13.0 Å². The summed E-state index contributed by atoms with van der Waals surface area (Å²) in [6.45, 7) is 6.71. The lowest BCUT2D eigenvalue weighted by molar-refractivity contribution is -0.132. The molecule has 2 rings (SSSR count). The number of hydrogen-bond donors (Lipinski definition) is 1. The number of hydrogen-bond acceptors (Lipinski definition) is 3. The second-order valence-electron chi connectivity index (χ2n) is 6.53. The highest BCUT2D eigenvalue weighted by atomic mass is 16.5. The Hall–Kier alpha value is -1.55. The Morgan fingerprint density at radius 2 is 1.91 bits per heavy atom. The summed E-state index contributed by atoms with van der Waals surface area (Å²) < 4.78 is 5.65. The van der Waals surface area contributed by atoms with E-state index in [-0.39, 0.29) is 12.5 Å². The summed E-state index contributed by atoms with van der Waals surface area (Å²) in [4.78, 5) is 14.2. The normalized spacial score (nSPS) is 16.1. The zero-order chi connectivity index (χ0) is 15.9. The van der Waals surface area contributed by atoms with Crippen LogP contribution >= 0.6 is 0 Å². The second kappa shape index (κ2) is 8.18. The van der Waals surface area contributed by atoms with Gasteiger partial charge in [0.25, 0.3) is 0 Å². The monoisotopic (exact) mass is 305 g/mol. The Kier molecular flexibility index (Phi) is 6.25. The highest BCUT2D eigenvalue weighted by molar-refractivity contribution is 5.78. The van der Waals surface area contributed by atoms with Crippen LogP contribution in [0.4, 0.5) is 0 Å². The van der Waals surface area contributed by atoms with Gasteiger partial charge in [-0.1, -0.05) is 26.0 Å². The molecule has 1 saturated heterocycles. The molecule has 0 aromatic heterocycles. The van der Waals surface area contributed by atoms with Crippen molar-refractivity contribution < 1.29 is 14.6 Å². The van der Waals surface area contributed by atoms with Crippen LogP contribution in [0.3, 0.4) is 0 Å². The van der Waals surface area contributed by atoms with Crippen molar-refractivity contribution in [1.29, 1.82) is 0 Å². The van der Waals surface area contributed by atoms with Crippen LogP contribution in [0, 0.1) is 11.8 Å². The summed E-state index contributed by atoms with van der Waals surface area (Å²) in [7, 11) is 0. The van der Waals surface area contributed by atoms with Crippen molar-refractivity contribution >= 4 is 5.91 Å². The van der Waals surface area contributed by atoms with Crippen molar-refractivity contribution in [3.05, 3.63) is 29.8 Å². The predicted molar refractivity (Wildman–Crippen MR) is 86.9 cm³/mol. The van der Waals surface area contributed by atoms with Crippen LogP contribution in [-0.2, 0) is 11.2 Å². The van der Waals surface area contributed by atoms with E-state index in [1.54, 1.807) is 0 Å². The summed E-state index contributed by atoms with van der Waals surface area (Å²) in [5.74, 6) is 1.89. The third-order valence-electron chi connectivity index (χ3n) is 4.09. The summed E-state index contributed by atoms with van der Waals surface area (Å²) in [6, 6.07) is 7.80. The Balaban J connectivity index is 1.81. The molecular weight excluding hydrogens is 278 g/mol. The predicted octanol–water partition coefficient (Wildman–Crippen LogP) is 2.49. The van der Waals surface area contributed by atoms with Crippen molar-refractivity contribution in [1.82, 2.24) is 4.90 Å². The average molecular weight is 305 g/mol. The van der Waals surface area contributed by atoms with Gasteiger partial charge in [-0.05, 0) is 42.4 Å². The van der Waals surface area contributed by atoms with Gasteiger partial charge in [0, 0.05) is 19.7 Å². The van der Waals surface area contributed by atoms with E-state index in [0.717, 1.165) is 37.2 Å². The van der Waals surface area contributed by atoms with E-state index in [9.17, 15) is 4.79 Å². The maximum Gasteiger partial charge on any atom is 0.226 e. The number of carbonyl (C=O) groups is 1. The molecule has 0 aliphatic carbocycles. The van der Waals surface area contributed by atoms with Crippen molar-refractivity contribution in [3.8, 4) is 5.75 Å². The first-order valence-electron chi connectivity index (χ1n) is 8.19. The van der Waals surface area contributed by atoms with Crippen LogP contribution < -0.4 is 4.74 Å². The molecule has 4 heteroatoms. The molecular formula is C18H27NO3. The largest absolute Gasteiger partial charge is 0.493 e. The first kappa shape index (κ1) is 16.8. The first-order valence-corrected chi connectivity index (χ1v) is 8.19. The standard InChI is InChI=1S/C18H27NO3/c1-14(2)13-22-17-5-3-15(4-6-17)11-18(21)19-9-7-16(12-20)8-10-19/h3-6,14,16,20H,7-13H2,1-2H3. The fourth-order valence-corrected chi connectivity index (χ4v) is 2.62. The molecule has 1 fully saturated rings.